The van der Waals surface area contributed by atoms with E-state index in [1.54, 1.807) is 4.57 Å². The molecular weight excluding hydrogens is 331 g/mol. The SMILES string of the molecule is CCSC(SCC)C(=O)c1c(F)ncn1[C@H](C)c1ccccc1. The third-order valence-electron chi connectivity index (χ3n) is 3.53. The minimum Gasteiger partial charge on any atom is -0.318 e. The summed E-state index contributed by atoms with van der Waals surface area (Å²) in [4.78, 5) is 16.6. The van der Waals surface area contributed by atoms with Crippen LogP contribution in [0, 0.1) is 5.95 Å². The molecule has 0 bridgehead atoms. The highest BCUT2D eigenvalue weighted by atomic mass is 32.2. The summed E-state index contributed by atoms with van der Waals surface area (Å²) in [6.45, 7) is 5.95. The van der Waals surface area contributed by atoms with E-state index in [2.05, 4.69) is 4.98 Å². The predicted molar refractivity (Wildman–Crippen MR) is 96.8 cm³/mol. The van der Waals surface area contributed by atoms with Crippen molar-refractivity contribution < 1.29 is 9.18 Å². The molecule has 0 aliphatic heterocycles. The Kier molecular flexibility index (Phi) is 6.72. The Morgan fingerprint density at radius 2 is 1.83 bits per heavy atom. The van der Waals surface area contributed by atoms with Gasteiger partial charge in [0.15, 0.2) is 0 Å². The average molecular weight is 353 g/mol. The van der Waals surface area contributed by atoms with Gasteiger partial charge in [0.25, 0.3) is 0 Å². The van der Waals surface area contributed by atoms with Crippen molar-refractivity contribution in [2.24, 2.45) is 0 Å². The first kappa shape index (κ1) is 18.1. The molecule has 0 fully saturated rings. The predicted octanol–water partition coefficient (Wildman–Crippen LogP) is 4.65. The molecule has 1 heterocycles. The first-order valence-corrected chi connectivity index (χ1v) is 9.74. The van der Waals surface area contributed by atoms with Gasteiger partial charge in [-0.1, -0.05) is 44.2 Å². The summed E-state index contributed by atoms with van der Waals surface area (Å²) in [5.41, 5.74) is 1.09. The van der Waals surface area contributed by atoms with Crippen LogP contribution in [0.25, 0.3) is 0 Å². The van der Waals surface area contributed by atoms with E-state index in [0.29, 0.717) is 0 Å². The molecule has 0 radical (unpaired) electrons. The van der Waals surface area contributed by atoms with Gasteiger partial charge in [-0.2, -0.15) is 4.39 Å². The topological polar surface area (TPSA) is 34.9 Å². The van der Waals surface area contributed by atoms with Crippen LogP contribution in [-0.4, -0.2) is 31.4 Å². The zero-order chi connectivity index (χ0) is 16.8. The molecule has 0 spiro atoms. The van der Waals surface area contributed by atoms with Crippen LogP contribution in [0.5, 0.6) is 0 Å². The number of nitrogens with zero attached hydrogens (tertiary/aromatic N) is 2. The number of thioether (sulfide) groups is 2. The van der Waals surface area contributed by atoms with Crippen LogP contribution in [0.15, 0.2) is 36.7 Å². The van der Waals surface area contributed by atoms with Crippen LogP contribution in [0.3, 0.4) is 0 Å². The Morgan fingerprint density at radius 1 is 1.22 bits per heavy atom. The van der Waals surface area contributed by atoms with Crippen LogP contribution in [-0.2, 0) is 0 Å². The Morgan fingerprint density at radius 3 is 2.39 bits per heavy atom. The maximum Gasteiger partial charge on any atom is 0.242 e. The van der Waals surface area contributed by atoms with Gasteiger partial charge in [0.2, 0.25) is 11.7 Å². The molecule has 0 aliphatic rings. The van der Waals surface area contributed by atoms with Crippen LogP contribution < -0.4 is 0 Å². The number of carbonyl (C=O) groups excluding carboxylic acids is 1. The summed E-state index contributed by atoms with van der Waals surface area (Å²) in [7, 11) is 0. The van der Waals surface area contributed by atoms with Crippen LogP contribution in [0.4, 0.5) is 4.39 Å². The van der Waals surface area contributed by atoms with Crippen molar-refractivity contribution in [1.82, 2.24) is 9.55 Å². The zero-order valence-corrected chi connectivity index (χ0v) is 15.2. The van der Waals surface area contributed by atoms with E-state index in [1.165, 1.54) is 29.9 Å². The number of imidazole rings is 1. The normalized spacial score (nSPS) is 12.6. The summed E-state index contributed by atoms with van der Waals surface area (Å²) in [6, 6.07) is 9.59. The number of rotatable bonds is 8. The van der Waals surface area contributed by atoms with E-state index in [-0.39, 0.29) is 22.1 Å². The number of aromatic nitrogens is 2. The summed E-state index contributed by atoms with van der Waals surface area (Å²) in [5, 5.41) is 0. The van der Waals surface area contributed by atoms with Crippen molar-refractivity contribution in [1.29, 1.82) is 0 Å². The number of ketones is 1. The number of Topliss-reactive ketones (excluding diaryl/α,β-unsaturated/α-hetero) is 1. The molecule has 1 aromatic heterocycles. The average Bonchev–Trinajstić information content (AvgIpc) is 2.95. The molecule has 0 saturated heterocycles. The van der Waals surface area contributed by atoms with Crippen molar-refractivity contribution >= 4 is 29.3 Å². The second kappa shape index (κ2) is 8.55. The number of benzene rings is 1. The summed E-state index contributed by atoms with van der Waals surface area (Å²) < 4.78 is 15.6. The molecule has 124 valence electrons. The number of hydrogen-bond acceptors (Lipinski definition) is 4. The maximum atomic E-state index is 14.2. The fourth-order valence-corrected chi connectivity index (χ4v) is 4.70. The number of halogens is 1. The van der Waals surface area contributed by atoms with Crippen molar-refractivity contribution in [3.05, 3.63) is 53.9 Å². The van der Waals surface area contributed by atoms with E-state index in [9.17, 15) is 9.18 Å². The smallest absolute Gasteiger partial charge is 0.242 e. The monoisotopic (exact) mass is 352 g/mol. The minimum atomic E-state index is -0.684. The highest BCUT2D eigenvalue weighted by Gasteiger charge is 2.28. The molecule has 0 unspecified atom stereocenters. The highest BCUT2D eigenvalue weighted by molar-refractivity contribution is 8.18. The lowest BCUT2D eigenvalue weighted by Gasteiger charge is -2.19. The van der Waals surface area contributed by atoms with Crippen molar-refractivity contribution in [3.63, 3.8) is 0 Å². The second-order valence-corrected chi connectivity index (χ2v) is 8.05. The van der Waals surface area contributed by atoms with E-state index in [1.807, 2.05) is 51.1 Å². The van der Waals surface area contributed by atoms with Gasteiger partial charge in [-0.15, -0.1) is 23.5 Å². The zero-order valence-electron chi connectivity index (χ0n) is 13.5. The van der Waals surface area contributed by atoms with Gasteiger partial charge in [-0.25, -0.2) is 4.98 Å². The van der Waals surface area contributed by atoms with Gasteiger partial charge in [0, 0.05) is 0 Å². The standard InChI is InChI=1S/C17H21FN2OS2/c1-4-22-17(23-5-2)15(21)14-16(18)19-11-20(14)12(3)13-9-7-6-8-10-13/h6-12,17H,4-5H2,1-3H3/t12-/m1/s1. The molecule has 23 heavy (non-hydrogen) atoms. The van der Waals surface area contributed by atoms with E-state index >= 15 is 0 Å². The summed E-state index contributed by atoms with van der Waals surface area (Å²) in [6.07, 6.45) is 1.42. The fraction of sp³-hybridized carbons (Fsp3) is 0.412. The van der Waals surface area contributed by atoms with E-state index in [4.69, 9.17) is 0 Å². The molecule has 0 amide bonds. The third-order valence-corrected chi connectivity index (χ3v) is 6.05. The highest BCUT2D eigenvalue weighted by Crippen LogP contribution is 2.30. The lowest BCUT2D eigenvalue weighted by Crippen LogP contribution is -2.22. The lowest BCUT2D eigenvalue weighted by atomic mass is 10.1. The van der Waals surface area contributed by atoms with Gasteiger partial charge >= 0.3 is 0 Å². The van der Waals surface area contributed by atoms with Crippen molar-refractivity contribution in [2.45, 2.75) is 31.4 Å². The lowest BCUT2D eigenvalue weighted by molar-refractivity contribution is 0.0996. The quantitative estimate of drug-likeness (QED) is 0.512. The van der Waals surface area contributed by atoms with Gasteiger partial charge in [0.1, 0.15) is 10.3 Å². The van der Waals surface area contributed by atoms with Crippen molar-refractivity contribution in [3.8, 4) is 0 Å². The molecule has 6 heteroatoms. The van der Waals surface area contributed by atoms with Gasteiger partial charge in [-0.3, -0.25) is 4.79 Å². The molecule has 1 aromatic carbocycles. The molecule has 2 aromatic rings. The Labute approximate surface area is 145 Å². The van der Waals surface area contributed by atoms with Crippen molar-refractivity contribution in [2.75, 3.05) is 11.5 Å². The Balaban J connectivity index is 2.36. The van der Waals surface area contributed by atoms with Gasteiger partial charge < -0.3 is 4.57 Å². The number of carbonyl (C=O) groups is 1. The number of hydrogen-bond donors (Lipinski definition) is 0. The molecule has 0 N–H and O–H groups in total. The van der Waals surface area contributed by atoms with Gasteiger partial charge in [-0.05, 0) is 24.0 Å². The van der Waals surface area contributed by atoms with Gasteiger partial charge in [0.05, 0.1) is 12.4 Å². The van der Waals surface area contributed by atoms with Crippen LogP contribution >= 0.6 is 23.5 Å². The summed E-state index contributed by atoms with van der Waals surface area (Å²) in [5.74, 6) is 0.749. The molecule has 0 aliphatic carbocycles. The molecule has 3 nitrogen and oxygen atoms in total. The molecule has 1 atom stereocenters. The maximum absolute atomic E-state index is 14.2. The van der Waals surface area contributed by atoms with Crippen LogP contribution in [0.1, 0.15) is 42.9 Å². The Bertz CT molecular complexity index is 639. The van der Waals surface area contributed by atoms with E-state index in [0.717, 1.165) is 17.1 Å². The first-order chi connectivity index (χ1) is 11.1. The third kappa shape index (κ3) is 4.18. The minimum absolute atomic E-state index is 0.0771. The summed E-state index contributed by atoms with van der Waals surface area (Å²) >= 11 is 3.08. The van der Waals surface area contributed by atoms with Crippen LogP contribution in [0.2, 0.25) is 0 Å². The fourth-order valence-electron chi connectivity index (χ4n) is 2.37. The second-order valence-electron chi connectivity index (χ2n) is 4.98. The molecular formula is C17H21FN2OS2. The van der Waals surface area contributed by atoms with E-state index < -0.39 is 5.95 Å². The molecule has 2 rings (SSSR count). The Hall–Kier alpha value is -1.27. The first-order valence-electron chi connectivity index (χ1n) is 7.64. The largest absolute Gasteiger partial charge is 0.318 e. The molecule has 0 saturated carbocycles.